The van der Waals surface area contributed by atoms with E-state index in [-0.39, 0.29) is 11.9 Å². The first-order chi connectivity index (χ1) is 8.81. The number of amides is 1. The highest BCUT2D eigenvalue weighted by molar-refractivity contribution is 5.76. The number of morpholine rings is 1. The second-order valence-corrected chi connectivity index (χ2v) is 4.63. The molecule has 0 aromatic carbocycles. The van der Waals surface area contributed by atoms with Crippen molar-refractivity contribution in [3.63, 3.8) is 0 Å². The fourth-order valence-corrected chi connectivity index (χ4v) is 2.30. The highest BCUT2D eigenvalue weighted by Crippen LogP contribution is 2.12. The van der Waals surface area contributed by atoms with E-state index in [0.717, 1.165) is 25.9 Å². The molecular formula is C13H21N3O2. The molecule has 0 saturated carbocycles. The lowest BCUT2D eigenvalue weighted by molar-refractivity contribution is -0.140. The molecule has 0 aliphatic carbocycles. The van der Waals surface area contributed by atoms with Gasteiger partial charge in [-0.2, -0.15) is 0 Å². The lowest BCUT2D eigenvalue weighted by atomic mass is 10.1. The summed E-state index contributed by atoms with van der Waals surface area (Å²) >= 11 is 0. The molecule has 0 unspecified atom stereocenters. The SMILES string of the molecule is CC[C@H]1COCCN1C(=O)CCCn1ccnc1. The minimum atomic E-state index is 0.255. The van der Waals surface area contributed by atoms with E-state index in [2.05, 4.69) is 11.9 Å². The lowest BCUT2D eigenvalue weighted by Crippen LogP contribution is -2.48. The maximum absolute atomic E-state index is 12.1. The van der Waals surface area contributed by atoms with Crippen molar-refractivity contribution in [1.29, 1.82) is 0 Å². The van der Waals surface area contributed by atoms with Gasteiger partial charge >= 0.3 is 0 Å². The number of hydrogen-bond donors (Lipinski definition) is 0. The zero-order valence-electron chi connectivity index (χ0n) is 10.9. The average molecular weight is 251 g/mol. The number of aromatic nitrogens is 2. The van der Waals surface area contributed by atoms with Gasteiger partial charge in [0.15, 0.2) is 0 Å². The fraction of sp³-hybridized carbons (Fsp3) is 0.692. The molecule has 0 N–H and O–H groups in total. The molecule has 0 spiro atoms. The normalized spacial score (nSPS) is 20.1. The summed E-state index contributed by atoms with van der Waals surface area (Å²) in [7, 11) is 0. The molecule has 1 saturated heterocycles. The third kappa shape index (κ3) is 3.32. The van der Waals surface area contributed by atoms with E-state index in [9.17, 15) is 4.79 Å². The van der Waals surface area contributed by atoms with Crippen molar-refractivity contribution in [1.82, 2.24) is 14.5 Å². The summed E-state index contributed by atoms with van der Waals surface area (Å²) in [6, 6.07) is 0.263. The van der Waals surface area contributed by atoms with Gasteiger partial charge in [0.25, 0.3) is 0 Å². The molecule has 100 valence electrons. The smallest absolute Gasteiger partial charge is 0.223 e. The van der Waals surface area contributed by atoms with Gasteiger partial charge in [0.2, 0.25) is 5.91 Å². The van der Waals surface area contributed by atoms with Crippen LogP contribution < -0.4 is 0 Å². The summed E-state index contributed by atoms with van der Waals surface area (Å²) in [6.45, 7) is 5.05. The van der Waals surface area contributed by atoms with Crippen molar-refractivity contribution in [2.75, 3.05) is 19.8 Å². The Hall–Kier alpha value is -1.36. The first-order valence-electron chi connectivity index (χ1n) is 6.64. The van der Waals surface area contributed by atoms with Crippen LogP contribution in [0.3, 0.4) is 0 Å². The van der Waals surface area contributed by atoms with Gasteiger partial charge in [-0.15, -0.1) is 0 Å². The average Bonchev–Trinajstić information content (AvgIpc) is 2.91. The molecule has 1 aromatic heterocycles. The highest BCUT2D eigenvalue weighted by atomic mass is 16.5. The Morgan fingerprint density at radius 1 is 1.56 bits per heavy atom. The predicted molar refractivity (Wildman–Crippen MR) is 68.1 cm³/mol. The number of nitrogens with zero attached hydrogens (tertiary/aromatic N) is 3. The van der Waals surface area contributed by atoms with Gasteiger partial charge in [-0.3, -0.25) is 4.79 Å². The maximum atomic E-state index is 12.1. The first kappa shape index (κ1) is 13.1. The molecule has 5 heteroatoms. The van der Waals surface area contributed by atoms with Crippen molar-refractivity contribution < 1.29 is 9.53 Å². The number of aryl methyl sites for hydroxylation is 1. The number of carbonyl (C=O) groups excluding carboxylic acids is 1. The van der Waals surface area contributed by atoms with Crippen LogP contribution in [0.5, 0.6) is 0 Å². The van der Waals surface area contributed by atoms with Crippen LogP contribution in [0.1, 0.15) is 26.2 Å². The molecular weight excluding hydrogens is 230 g/mol. The van der Waals surface area contributed by atoms with Crippen LogP contribution in [0.15, 0.2) is 18.7 Å². The van der Waals surface area contributed by atoms with Gasteiger partial charge < -0.3 is 14.2 Å². The molecule has 0 radical (unpaired) electrons. The van der Waals surface area contributed by atoms with Gasteiger partial charge in [0.1, 0.15) is 0 Å². The van der Waals surface area contributed by atoms with Gasteiger partial charge in [-0.25, -0.2) is 4.98 Å². The Kier molecular flexibility index (Phi) is 4.75. The van der Waals surface area contributed by atoms with E-state index in [1.54, 1.807) is 12.5 Å². The maximum Gasteiger partial charge on any atom is 0.223 e. The number of imidazole rings is 1. The van der Waals surface area contributed by atoms with Crippen LogP contribution in [0.2, 0.25) is 0 Å². The third-order valence-corrected chi connectivity index (χ3v) is 3.39. The summed E-state index contributed by atoms with van der Waals surface area (Å²) in [5.74, 6) is 0.255. The van der Waals surface area contributed by atoms with E-state index in [0.29, 0.717) is 19.6 Å². The highest BCUT2D eigenvalue weighted by Gasteiger charge is 2.25. The predicted octanol–water partition coefficient (Wildman–Crippen LogP) is 1.30. The van der Waals surface area contributed by atoms with Crippen molar-refractivity contribution in [3.8, 4) is 0 Å². The fourth-order valence-electron chi connectivity index (χ4n) is 2.30. The standard InChI is InChI=1S/C13H21N3O2/c1-2-12-10-18-9-8-16(12)13(17)4-3-6-15-7-5-14-11-15/h5,7,11-12H,2-4,6,8-10H2,1H3/t12-/m0/s1. The van der Waals surface area contributed by atoms with E-state index in [1.165, 1.54) is 0 Å². The summed E-state index contributed by atoms with van der Waals surface area (Å²) in [5.41, 5.74) is 0. The largest absolute Gasteiger partial charge is 0.377 e. The second kappa shape index (κ2) is 6.54. The molecule has 2 rings (SSSR count). The topological polar surface area (TPSA) is 47.4 Å². The number of rotatable bonds is 5. The third-order valence-electron chi connectivity index (χ3n) is 3.39. The second-order valence-electron chi connectivity index (χ2n) is 4.63. The molecule has 1 aliphatic rings. The molecule has 1 aliphatic heterocycles. The summed E-state index contributed by atoms with van der Waals surface area (Å²) < 4.78 is 7.41. The van der Waals surface area contributed by atoms with Crippen LogP contribution in [0.4, 0.5) is 0 Å². The molecule has 5 nitrogen and oxygen atoms in total. The van der Waals surface area contributed by atoms with E-state index < -0.39 is 0 Å². The Balaban J connectivity index is 1.76. The van der Waals surface area contributed by atoms with Crippen molar-refractivity contribution in [2.24, 2.45) is 0 Å². The zero-order chi connectivity index (χ0) is 12.8. The molecule has 18 heavy (non-hydrogen) atoms. The number of ether oxygens (including phenoxy) is 1. The number of hydrogen-bond acceptors (Lipinski definition) is 3. The summed E-state index contributed by atoms with van der Waals surface area (Å²) in [4.78, 5) is 18.1. The van der Waals surface area contributed by atoms with E-state index in [4.69, 9.17) is 4.74 Å². The molecule has 1 fully saturated rings. The van der Waals surface area contributed by atoms with Crippen molar-refractivity contribution >= 4 is 5.91 Å². The summed E-state index contributed by atoms with van der Waals surface area (Å²) in [6.07, 6.45) is 7.91. The monoisotopic (exact) mass is 251 g/mol. The van der Waals surface area contributed by atoms with E-state index in [1.807, 2.05) is 15.7 Å². The molecule has 1 amide bonds. The molecule has 1 atom stereocenters. The molecule has 2 heterocycles. The van der Waals surface area contributed by atoms with Crippen LogP contribution in [-0.2, 0) is 16.1 Å². The van der Waals surface area contributed by atoms with Crippen LogP contribution in [0, 0.1) is 0 Å². The lowest BCUT2D eigenvalue weighted by Gasteiger charge is -2.35. The zero-order valence-corrected chi connectivity index (χ0v) is 10.9. The van der Waals surface area contributed by atoms with Gasteiger partial charge in [0, 0.05) is 31.9 Å². The van der Waals surface area contributed by atoms with E-state index >= 15 is 0 Å². The molecule has 0 bridgehead atoms. The van der Waals surface area contributed by atoms with Gasteiger partial charge in [-0.05, 0) is 12.8 Å². The van der Waals surface area contributed by atoms with Crippen LogP contribution in [-0.4, -0.2) is 46.2 Å². The Morgan fingerprint density at radius 2 is 2.44 bits per heavy atom. The number of carbonyl (C=O) groups is 1. The van der Waals surface area contributed by atoms with Crippen molar-refractivity contribution in [3.05, 3.63) is 18.7 Å². The Labute approximate surface area is 108 Å². The van der Waals surface area contributed by atoms with Gasteiger partial charge in [-0.1, -0.05) is 6.92 Å². The summed E-state index contributed by atoms with van der Waals surface area (Å²) in [5, 5.41) is 0. The quantitative estimate of drug-likeness (QED) is 0.792. The van der Waals surface area contributed by atoms with Crippen LogP contribution in [0.25, 0.3) is 0 Å². The van der Waals surface area contributed by atoms with Crippen LogP contribution >= 0.6 is 0 Å². The van der Waals surface area contributed by atoms with Gasteiger partial charge in [0.05, 0.1) is 25.6 Å². The first-order valence-corrected chi connectivity index (χ1v) is 6.64. The Morgan fingerprint density at radius 3 is 3.17 bits per heavy atom. The minimum absolute atomic E-state index is 0.255. The van der Waals surface area contributed by atoms with Crippen molar-refractivity contribution in [2.45, 2.75) is 38.8 Å². The molecule has 1 aromatic rings. The minimum Gasteiger partial charge on any atom is -0.377 e. The Bertz CT molecular complexity index is 364.